The van der Waals surface area contributed by atoms with Crippen LogP contribution < -0.4 is 5.48 Å². The number of carbonyl (C=O) groups excluding carboxylic acids is 2. The third-order valence-corrected chi connectivity index (χ3v) is 6.37. The molecular formula is C19H24FN3O3. The number of rotatable bonds is 2. The highest BCUT2D eigenvalue weighted by Crippen LogP contribution is 2.47. The number of fused-ring (bicyclic) bond motifs is 1. The number of hydrogen-bond acceptors (Lipinski definition) is 4. The fourth-order valence-electron chi connectivity index (χ4n) is 4.91. The molecule has 2 fully saturated rings. The molecule has 1 saturated heterocycles. The summed E-state index contributed by atoms with van der Waals surface area (Å²) in [5.74, 6) is -0.924. The molecule has 2 aliphatic heterocycles. The third kappa shape index (κ3) is 2.89. The molecule has 1 unspecified atom stereocenters. The van der Waals surface area contributed by atoms with E-state index in [1.807, 2.05) is 4.90 Å². The maximum absolute atomic E-state index is 14.5. The van der Waals surface area contributed by atoms with Crippen LogP contribution in [0.25, 0.3) is 0 Å². The van der Waals surface area contributed by atoms with Crippen molar-refractivity contribution < 1.29 is 19.2 Å². The average molecular weight is 361 g/mol. The van der Waals surface area contributed by atoms with E-state index in [0.29, 0.717) is 24.6 Å². The lowest BCUT2D eigenvalue weighted by atomic mass is 9.78. The van der Waals surface area contributed by atoms with Gasteiger partial charge in [-0.05, 0) is 43.4 Å². The summed E-state index contributed by atoms with van der Waals surface area (Å²) in [7, 11) is 0. The lowest BCUT2D eigenvalue weighted by Gasteiger charge is -2.48. The summed E-state index contributed by atoms with van der Waals surface area (Å²) in [4.78, 5) is 27.2. The number of nitrogens with zero attached hydrogens (tertiary/aromatic N) is 2. The standard InChI is InChI=1S/C19H24FN3O3/c1-12(24)23-10-19(11-23)4-2-15(8-19)22-5-3-13-6-14(18(25)21-26)7-17(20)16(13)9-22/h6-7,15,26H,2-5,8-11H2,1H3,(H,21,25). The first kappa shape index (κ1) is 17.4. The Morgan fingerprint density at radius 1 is 1.35 bits per heavy atom. The summed E-state index contributed by atoms with van der Waals surface area (Å²) < 4.78 is 14.5. The zero-order valence-corrected chi connectivity index (χ0v) is 14.9. The number of hydroxylamine groups is 1. The predicted molar refractivity (Wildman–Crippen MR) is 92.1 cm³/mol. The van der Waals surface area contributed by atoms with Crippen molar-refractivity contribution in [1.82, 2.24) is 15.3 Å². The molecule has 1 spiro atoms. The number of carbonyl (C=O) groups is 2. The van der Waals surface area contributed by atoms with Gasteiger partial charge >= 0.3 is 0 Å². The number of nitrogens with one attached hydrogen (secondary N) is 1. The molecule has 2 heterocycles. The van der Waals surface area contributed by atoms with Crippen molar-refractivity contribution in [1.29, 1.82) is 0 Å². The molecule has 140 valence electrons. The first-order valence-electron chi connectivity index (χ1n) is 9.16. The Labute approximate surface area is 151 Å². The zero-order chi connectivity index (χ0) is 18.5. The van der Waals surface area contributed by atoms with Crippen LogP contribution in [0.5, 0.6) is 0 Å². The number of halogens is 1. The Morgan fingerprint density at radius 2 is 2.12 bits per heavy atom. The Morgan fingerprint density at radius 3 is 2.81 bits per heavy atom. The molecule has 1 atom stereocenters. The molecule has 2 N–H and O–H groups in total. The van der Waals surface area contributed by atoms with E-state index in [4.69, 9.17) is 5.21 Å². The molecule has 1 aromatic carbocycles. The van der Waals surface area contributed by atoms with Crippen LogP contribution in [-0.2, 0) is 17.8 Å². The zero-order valence-electron chi connectivity index (χ0n) is 14.9. The van der Waals surface area contributed by atoms with E-state index in [-0.39, 0.29) is 22.7 Å². The molecule has 1 aromatic rings. The number of likely N-dealkylation sites (tertiary alicyclic amines) is 1. The molecule has 0 radical (unpaired) electrons. The second-order valence-electron chi connectivity index (χ2n) is 8.03. The van der Waals surface area contributed by atoms with Gasteiger partial charge in [-0.1, -0.05) is 0 Å². The molecule has 2 amide bonds. The second kappa shape index (κ2) is 6.32. The van der Waals surface area contributed by atoms with Crippen molar-refractivity contribution in [3.8, 4) is 0 Å². The Kier molecular flexibility index (Phi) is 4.23. The largest absolute Gasteiger partial charge is 0.342 e. The molecule has 26 heavy (non-hydrogen) atoms. The monoisotopic (exact) mass is 361 g/mol. The van der Waals surface area contributed by atoms with Crippen LogP contribution in [0.1, 0.15) is 47.7 Å². The maximum Gasteiger partial charge on any atom is 0.274 e. The van der Waals surface area contributed by atoms with Crippen molar-refractivity contribution in [2.45, 2.75) is 45.2 Å². The van der Waals surface area contributed by atoms with Crippen molar-refractivity contribution >= 4 is 11.8 Å². The molecule has 3 aliphatic rings. The minimum absolute atomic E-state index is 0.149. The smallest absolute Gasteiger partial charge is 0.274 e. The molecule has 0 aromatic heterocycles. The van der Waals surface area contributed by atoms with Gasteiger partial charge in [0.05, 0.1) is 0 Å². The highest BCUT2D eigenvalue weighted by Gasteiger charge is 2.50. The lowest BCUT2D eigenvalue weighted by molar-refractivity contribution is -0.140. The summed E-state index contributed by atoms with van der Waals surface area (Å²) in [6.07, 6.45) is 3.98. The van der Waals surface area contributed by atoms with Crippen LogP contribution in [0.2, 0.25) is 0 Å². The Bertz CT molecular complexity index is 761. The highest BCUT2D eigenvalue weighted by atomic mass is 19.1. The van der Waals surface area contributed by atoms with Crippen molar-refractivity contribution in [3.05, 3.63) is 34.6 Å². The van der Waals surface area contributed by atoms with E-state index >= 15 is 0 Å². The first-order valence-corrected chi connectivity index (χ1v) is 9.16. The topological polar surface area (TPSA) is 72.9 Å². The van der Waals surface area contributed by atoms with Crippen LogP contribution in [0.15, 0.2) is 12.1 Å². The number of hydrogen-bond donors (Lipinski definition) is 2. The van der Waals surface area contributed by atoms with Crippen LogP contribution >= 0.6 is 0 Å². The van der Waals surface area contributed by atoms with Gasteiger partial charge in [0.25, 0.3) is 5.91 Å². The summed E-state index contributed by atoms with van der Waals surface area (Å²) in [5, 5.41) is 8.74. The second-order valence-corrected chi connectivity index (χ2v) is 8.03. The molecule has 1 aliphatic carbocycles. The van der Waals surface area contributed by atoms with Crippen LogP contribution in [0.4, 0.5) is 4.39 Å². The Hall–Kier alpha value is -1.99. The summed E-state index contributed by atoms with van der Waals surface area (Å²) >= 11 is 0. The molecule has 6 nitrogen and oxygen atoms in total. The van der Waals surface area contributed by atoms with Gasteiger partial charge in [0, 0.05) is 55.7 Å². The van der Waals surface area contributed by atoms with Crippen molar-refractivity contribution in [3.63, 3.8) is 0 Å². The van der Waals surface area contributed by atoms with Gasteiger partial charge in [0.15, 0.2) is 0 Å². The summed E-state index contributed by atoms with van der Waals surface area (Å²) in [5.41, 5.74) is 3.47. The van der Waals surface area contributed by atoms with Gasteiger partial charge in [-0.15, -0.1) is 0 Å². The maximum atomic E-state index is 14.5. The SMILES string of the molecule is CC(=O)N1CC2(CCC(N3CCc4cc(C(=O)NO)cc(F)c4C3)C2)C1. The lowest BCUT2D eigenvalue weighted by Crippen LogP contribution is -2.57. The van der Waals surface area contributed by atoms with Gasteiger partial charge in [-0.2, -0.15) is 0 Å². The fourth-order valence-corrected chi connectivity index (χ4v) is 4.91. The quantitative estimate of drug-likeness (QED) is 0.621. The number of benzene rings is 1. The molecular weight excluding hydrogens is 337 g/mol. The van der Waals surface area contributed by atoms with Gasteiger partial charge in [-0.25, -0.2) is 9.87 Å². The van der Waals surface area contributed by atoms with E-state index in [0.717, 1.165) is 44.5 Å². The van der Waals surface area contributed by atoms with Crippen molar-refractivity contribution in [2.75, 3.05) is 19.6 Å². The van der Waals surface area contributed by atoms with E-state index < -0.39 is 5.91 Å². The minimum Gasteiger partial charge on any atom is -0.342 e. The third-order valence-electron chi connectivity index (χ3n) is 6.37. The fraction of sp³-hybridized carbons (Fsp3) is 0.579. The van der Waals surface area contributed by atoms with E-state index in [9.17, 15) is 14.0 Å². The van der Waals surface area contributed by atoms with Gasteiger partial charge in [0.1, 0.15) is 5.82 Å². The highest BCUT2D eigenvalue weighted by molar-refractivity contribution is 5.93. The summed E-state index contributed by atoms with van der Waals surface area (Å²) in [6, 6.07) is 3.30. The minimum atomic E-state index is -0.688. The molecule has 7 heteroatoms. The predicted octanol–water partition coefficient (Wildman–Crippen LogP) is 1.70. The molecule has 0 bridgehead atoms. The Balaban J connectivity index is 1.45. The first-order chi connectivity index (χ1) is 12.4. The van der Waals surface area contributed by atoms with Gasteiger partial charge < -0.3 is 4.90 Å². The van der Waals surface area contributed by atoms with Crippen molar-refractivity contribution in [2.24, 2.45) is 5.41 Å². The van der Waals surface area contributed by atoms with E-state index in [1.54, 1.807) is 18.5 Å². The normalized spacial score (nSPS) is 24.3. The van der Waals surface area contributed by atoms with E-state index in [1.165, 1.54) is 6.07 Å². The van der Waals surface area contributed by atoms with Crippen LogP contribution in [-0.4, -0.2) is 52.5 Å². The van der Waals surface area contributed by atoms with Crippen LogP contribution in [0, 0.1) is 11.2 Å². The van der Waals surface area contributed by atoms with Gasteiger partial charge in [0.2, 0.25) is 5.91 Å². The average Bonchev–Trinajstić information content (AvgIpc) is 3.05. The van der Waals surface area contributed by atoms with Crippen LogP contribution in [0.3, 0.4) is 0 Å². The molecule has 4 rings (SSSR count). The summed E-state index contributed by atoms with van der Waals surface area (Å²) in [6.45, 7) is 4.73. The van der Waals surface area contributed by atoms with Gasteiger partial charge in [-0.3, -0.25) is 19.7 Å². The molecule has 1 saturated carbocycles. The number of amides is 2. The van der Waals surface area contributed by atoms with E-state index in [2.05, 4.69) is 4.90 Å².